The molecule has 0 aliphatic heterocycles. The fourth-order valence-corrected chi connectivity index (χ4v) is 1.51. The van der Waals surface area contributed by atoms with Gasteiger partial charge in [-0.15, -0.1) is 0 Å². The molecule has 14 heavy (non-hydrogen) atoms. The van der Waals surface area contributed by atoms with Crippen molar-refractivity contribution >= 4 is 15.9 Å². The van der Waals surface area contributed by atoms with Crippen molar-refractivity contribution in [3.8, 4) is 5.69 Å². The third kappa shape index (κ3) is 2.42. The van der Waals surface area contributed by atoms with E-state index in [2.05, 4.69) is 21.0 Å². The Balaban J connectivity index is 0.000000980. The highest BCUT2D eigenvalue weighted by molar-refractivity contribution is 9.10. The summed E-state index contributed by atoms with van der Waals surface area (Å²) in [5, 5.41) is 4.19. The molecule has 5 heteroatoms. The summed E-state index contributed by atoms with van der Waals surface area (Å²) in [6.45, 7) is 0. The molecule has 0 aliphatic rings. The molecule has 0 spiro atoms. The summed E-state index contributed by atoms with van der Waals surface area (Å²) < 4.78 is 4.79. The molecule has 0 unspecified atom stereocenters. The third-order valence-electron chi connectivity index (χ3n) is 1.72. The Bertz CT molecular complexity index is 426. The van der Waals surface area contributed by atoms with Crippen LogP contribution in [0.1, 0.15) is 0 Å². The molecular weight excluding hydrogens is 310 g/mol. The van der Waals surface area contributed by atoms with Crippen LogP contribution in [0.5, 0.6) is 0 Å². The van der Waals surface area contributed by atoms with Gasteiger partial charge in [0, 0.05) is 9.57 Å². The highest BCUT2D eigenvalue weighted by Gasteiger charge is 2.05. The molecule has 0 bridgehead atoms. The predicted molar refractivity (Wildman–Crippen MR) is 52.4 cm³/mol. The van der Waals surface area contributed by atoms with E-state index in [0.717, 1.165) is 10.2 Å². The van der Waals surface area contributed by atoms with Gasteiger partial charge in [-0.2, -0.15) is 0 Å². The van der Waals surface area contributed by atoms with E-state index in [-0.39, 0.29) is 17.0 Å². The zero-order valence-electron chi connectivity index (χ0n) is 7.56. The molecule has 3 nitrogen and oxygen atoms in total. The van der Waals surface area contributed by atoms with E-state index in [1.165, 1.54) is 0 Å². The number of aromatic nitrogens is 3. The van der Waals surface area contributed by atoms with Gasteiger partial charge in [-0.25, -0.2) is 4.57 Å². The SMILES string of the molecule is C[n+]1cnn(-c2cccc(Br)c2)c1.[Br-]. The zero-order valence-corrected chi connectivity index (χ0v) is 10.7. The van der Waals surface area contributed by atoms with E-state index in [1.54, 1.807) is 6.33 Å². The maximum Gasteiger partial charge on any atom is 0.265 e. The Hall–Kier alpha value is -0.680. The highest BCUT2D eigenvalue weighted by Crippen LogP contribution is 2.13. The van der Waals surface area contributed by atoms with E-state index in [4.69, 9.17) is 0 Å². The second-order valence-corrected chi connectivity index (χ2v) is 3.75. The number of benzene rings is 1. The number of hydrogen-bond donors (Lipinski definition) is 0. The van der Waals surface area contributed by atoms with E-state index >= 15 is 0 Å². The largest absolute Gasteiger partial charge is 1.00 e. The van der Waals surface area contributed by atoms with Gasteiger partial charge in [0.15, 0.2) is 0 Å². The van der Waals surface area contributed by atoms with Crippen molar-refractivity contribution < 1.29 is 21.5 Å². The lowest BCUT2D eigenvalue weighted by Crippen LogP contribution is -3.00. The molecule has 0 amide bonds. The maximum atomic E-state index is 4.19. The van der Waals surface area contributed by atoms with Crippen molar-refractivity contribution in [3.63, 3.8) is 0 Å². The van der Waals surface area contributed by atoms with Crippen LogP contribution in [-0.4, -0.2) is 9.78 Å². The van der Waals surface area contributed by atoms with Crippen molar-refractivity contribution in [3.05, 3.63) is 41.4 Å². The second-order valence-electron chi connectivity index (χ2n) is 2.84. The number of aryl methyl sites for hydroxylation is 1. The lowest BCUT2D eigenvalue weighted by molar-refractivity contribution is -0.672. The standard InChI is InChI=1S/C9H9BrN3.BrH/c1-12-6-11-13(7-12)9-4-2-3-8(10)5-9;/h2-7H,1H3;1H/q+1;/p-1. The monoisotopic (exact) mass is 317 g/mol. The van der Waals surface area contributed by atoms with Crippen LogP contribution in [-0.2, 0) is 7.05 Å². The Morgan fingerprint density at radius 1 is 1.43 bits per heavy atom. The summed E-state index contributed by atoms with van der Waals surface area (Å²) in [5.41, 5.74) is 1.05. The van der Waals surface area contributed by atoms with Gasteiger partial charge in [-0.05, 0) is 18.2 Å². The lowest BCUT2D eigenvalue weighted by Gasteiger charge is -1.92. The molecule has 0 saturated carbocycles. The van der Waals surface area contributed by atoms with Crippen molar-refractivity contribution in [1.82, 2.24) is 9.78 Å². The summed E-state index contributed by atoms with van der Waals surface area (Å²) in [4.78, 5) is 0. The van der Waals surface area contributed by atoms with Crippen molar-refractivity contribution in [2.24, 2.45) is 7.05 Å². The Morgan fingerprint density at radius 2 is 2.21 bits per heavy atom. The zero-order chi connectivity index (χ0) is 9.26. The van der Waals surface area contributed by atoms with Gasteiger partial charge < -0.3 is 17.0 Å². The van der Waals surface area contributed by atoms with Gasteiger partial charge >= 0.3 is 0 Å². The van der Waals surface area contributed by atoms with Crippen molar-refractivity contribution in [2.75, 3.05) is 0 Å². The Morgan fingerprint density at radius 3 is 2.79 bits per heavy atom. The third-order valence-corrected chi connectivity index (χ3v) is 2.22. The van der Waals surface area contributed by atoms with Gasteiger partial charge in [-0.1, -0.05) is 26.7 Å². The molecule has 1 heterocycles. The predicted octanol–water partition coefficient (Wildman–Crippen LogP) is -1.54. The van der Waals surface area contributed by atoms with E-state index in [9.17, 15) is 0 Å². The molecule has 0 aliphatic carbocycles. The van der Waals surface area contributed by atoms with Gasteiger partial charge in [0.1, 0.15) is 5.69 Å². The summed E-state index contributed by atoms with van der Waals surface area (Å²) in [7, 11) is 1.95. The summed E-state index contributed by atoms with van der Waals surface area (Å²) in [6.07, 6.45) is 3.68. The first-order valence-electron chi connectivity index (χ1n) is 3.91. The van der Waals surface area contributed by atoms with E-state index in [1.807, 2.05) is 46.9 Å². The van der Waals surface area contributed by atoms with Crippen LogP contribution in [0.3, 0.4) is 0 Å². The van der Waals surface area contributed by atoms with Gasteiger partial charge in [-0.3, -0.25) is 0 Å². The minimum Gasteiger partial charge on any atom is -1.00 e. The average molecular weight is 319 g/mol. The molecule has 2 rings (SSSR count). The first-order valence-corrected chi connectivity index (χ1v) is 4.71. The Labute approximate surface area is 101 Å². The second kappa shape index (κ2) is 4.70. The average Bonchev–Trinajstić information content (AvgIpc) is 2.52. The summed E-state index contributed by atoms with van der Waals surface area (Å²) in [6, 6.07) is 8.01. The molecular formula is C9H9Br2N3. The van der Waals surface area contributed by atoms with Crippen LogP contribution in [0.15, 0.2) is 41.4 Å². The first kappa shape index (κ1) is 11.4. The van der Waals surface area contributed by atoms with Crippen LogP contribution in [0.25, 0.3) is 5.69 Å². The van der Waals surface area contributed by atoms with E-state index in [0.29, 0.717) is 0 Å². The fourth-order valence-electron chi connectivity index (χ4n) is 1.12. The van der Waals surface area contributed by atoms with Crippen LogP contribution in [0, 0.1) is 0 Å². The molecule has 0 radical (unpaired) electrons. The van der Waals surface area contributed by atoms with E-state index < -0.39 is 0 Å². The van der Waals surface area contributed by atoms with Crippen LogP contribution < -0.4 is 21.5 Å². The number of nitrogens with zero attached hydrogens (tertiary/aromatic N) is 3. The highest BCUT2D eigenvalue weighted by atomic mass is 79.9. The molecule has 74 valence electrons. The smallest absolute Gasteiger partial charge is 0.265 e. The Kier molecular flexibility index (Phi) is 3.83. The fraction of sp³-hybridized carbons (Fsp3) is 0.111. The minimum atomic E-state index is 0. The summed E-state index contributed by atoms with van der Waals surface area (Å²) in [5.74, 6) is 0. The number of hydrogen-bond acceptors (Lipinski definition) is 1. The summed E-state index contributed by atoms with van der Waals surface area (Å²) >= 11 is 3.42. The molecule has 0 atom stereocenters. The first-order chi connectivity index (χ1) is 6.25. The van der Waals surface area contributed by atoms with Gasteiger partial charge in [0.2, 0.25) is 6.33 Å². The molecule has 0 fully saturated rings. The molecule has 2 aromatic rings. The molecule has 1 aromatic heterocycles. The van der Waals surface area contributed by atoms with Crippen LogP contribution >= 0.6 is 15.9 Å². The number of halogens is 2. The quantitative estimate of drug-likeness (QED) is 0.584. The number of rotatable bonds is 1. The maximum absolute atomic E-state index is 4.19. The topological polar surface area (TPSA) is 21.7 Å². The minimum absolute atomic E-state index is 0. The van der Waals surface area contributed by atoms with Crippen LogP contribution in [0.4, 0.5) is 0 Å². The normalized spacial score (nSPS) is 9.57. The van der Waals surface area contributed by atoms with Crippen LogP contribution in [0.2, 0.25) is 0 Å². The van der Waals surface area contributed by atoms with Crippen molar-refractivity contribution in [1.29, 1.82) is 0 Å². The van der Waals surface area contributed by atoms with Gasteiger partial charge in [0.25, 0.3) is 6.33 Å². The molecule has 0 N–H and O–H groups in total. The lowest BCUT2D eigenvalue weighted by atomic mass is 10.3. The molecule has 1 aromatic carbocycles. The molecule has 0 saturated heterocycles. The van der Waals surface area contributed by atoms with Crippen molar-refractivity contribution in [2.45, 2.75) is 0 Å². The van der Waals surface area contributed by atoms with Gasteiger partial charge in [0.05, 0.1) is 7.05 Å².